The van der Waals surface area contributed by atoms with Crippen molar-refractivity contribution >= 4 is 16.8 Å². The van der Waals surface area contributed by atoms with Gasteiger partial charge in [0.25, 0.3) is 0 Å². The quantitative estimate of drug-likeness (QED) is 0.753. The van der Waals surface area contributed by atoms with Crippen molar-refractivity contribution in [3.05, 3.63) is 24.1 Å². The van der Waals surface area contributed by atoms with Crippen LogP contribution in [0.4, 0.5) is 5.69 Å². The summed E-state index contributed by atoms with van der Waals surface area (Å²) in [6.07, 6.45) is -0.518. The van der Waals surface area contributed by atoms with Crippen molar-refractivity contribution in [1.82, 2.24) is 9.88 Å². The van der Waals surface area contributed by atoms with Gasteiger partial charge in [0.1, 0.15) is 5.52 Å². The van der Waals surface area contributed by atoms with E-state index in [0.717, 1.165) is 5.52 Å². The molecule has 0 bridgehead atoms. The molecule has 104 valence electrons. The molecule has 2 aromatic rings. The highest BCUT2D eigenvalue weighted by molar-refractivity contribution is 5.76. The normalized spacial score (nSPS) is 13.3. The number of nitrogens with two attached hydrogens (primary N) is 1. The molecular weight excluding hydrogens is 246 g/mol. The van der Waals surface area contributed by atoms with E-state index in [2.05, 4.69) is 4.98 Å². The highest BCUT2D eigenvalue weighted by Crippen LogP contribution is 2.19. The summed E-state index contributed by atoms with van der Waals surface area (Å²) in [5, 5.41) is 9.64. The smallest absolute Gasteiger partial charge is 0.209 e. The summed E-state index contributed by atoms with van der Waals surface area (Å²) >= 11 is 0. The van der Waals surface area contributed by atoms with E-state index in [9.17, 15) is 5.11 Å². The molecule has 19 heavy (non-hydrogen) atoms. The molecule has 6 nitrogen and oxygen atoms in total. The molecule has 0 aliphatic rings. The van der Waals surface area contributed by atoms with Crippen LogP contribution < -0.4 is 5.73 Å². The van der Waals surface area contributed by atoms with Crippen LogP contribution in [0.1, 0.15) is 5.89 Å². The van der Waals surface area contributed by atoms with Gasteiger partial charge in [-0.05, 0) is 19.2 Å². The van der Waals surface area contributed by atoms with E-state index in [0.29, 0.717) is 36.9 Å². The predicted molar refractivity (Wildman–Crippen MR) is 72.6 cm³/mol. The van der Waals surface area contributed by atoms with Crippen LogP contribution in [0.15, 0.2) is 22.6 Å². The van der Waals surface area contributed by atoms with Gasteiger partial charge >= 0.3 is 0 Å². The fraction of sp³-hybridized carbons (Fsp3) is 0.462. The zero-order valence-corrected chi connectivity index (χ0v) is 11.2. The maximum atomic E-state index is 9.64. The molecule has 0 aliphatic heterocycles. The topological polar surface area (TPSA) is 84.8 Å². The number of methoxy groups -OCH3 is 1. The predicted octanol–water partition coefficient (Wildman–Crippen LogP) is 0.849. The lowest BCUT2D eigenvalue weighted by molar-refractivity contribution is 0.0405. The monoisotopic (exact) mass is 265 g/mol. The molecule has 1 aromatic heterocycles. The van der Waals surface area contributed by atoms with Crippen molar-refractivity contribution in [3.63, 3.8) is 0 Å². The average molecular weight is 265 g/mol. The van der Waals surface area contributed by atoms with E-state index < -0.39 is 6.10 Å². The van der Waals surface area contributed by atoms with E-state index in [1.807, 2.05) is 18.0 Å². The molecule has 1 heterocycles. The number of hydrogen-bond acceptors (Lipinski definition) is 6. The van der Waals surface area contributed by atoms with Crippen LogP contribution in [0.25, 0.3) is 11.1 Å². The Morgan fingerprint density at radius 2 is 2.32 bits per heavy atom. The third kappa shape index (κ3) is 3.66. The molecule has 0 saturated carbocycles. The van der Waals surface area contributed by atoms with Gasteiger partial charge in [0.2, 0.25) is 5.89 Å². The second-order valence-electron chi connectivity index (χ2n) is 4.64. The van der Waals surface area contributed by atoms with E-state index in [1.165, 1.54) is 0 Å². The summed E-state index contributed by atoms with van der Waals surface area (Å²) in [5.41, 5.74) is 7.81. The maximum Gasteiger partial charge on any atom is 0.209 e. The first kappa shape index (κ1) is 13.8. The van der Waals surface area contributed by atoms with E-state index >= 15 is 0 Å². The number of aromatic nitrogens is 1. The molecule has 0 radical (unpaired) electrons. The zero-order valence-electron chi connectivity index (χ0n) is 11.2. The van der Waals surface area contributed by atoms with Crippen LogP contribution >= 0.6 is 0 Å². The first-order valence-electron chi connectivity index (χ1n) is 6.09. The minimum atomic E-state index is -0.518. The van der Waals surface area contributed by atoms with Gasteiger partial charge in [0.05, 0.1) is 19.3 Å². The van der Waals surface area contributed by atoms with Crippen molar-refractivity contribution in [1.29, 1.82) is 0 Å². The van der Waals surface area contributed by atoms with Crippen molar-refractivity contribution in [2.45, 2.75) is 12.6 Å². The number of aliphatic hydroxyl groups excluding tert-OH is 1. The Morgan fingerprint density at radius 1 is 1.53 bits per heavy atom. The SMILES string of the molecule is COCC(O)CN(C)Cc1nc2ccc(N)cc2o1. The van der Waals surface area contributed by atoms with Crippen LogP contribution in [-0.4, -0.2) is 48.4 Å². The van der Waals surface area contributed by atoms with Gasteiger partial charge in [0, 0.05) is 25.4 Å². The second kappa shape index (κ2) is 6.01. The summed E-state index contributed by atoms with van der Waals surface area (Å²) in [6, 6.07) is 5.38. The van der Waals surface area contributed by atoms with Gasteiger partial charge in [-0.2, -0.15) is 0 Å². The number of nitrogens with zero attached hydrogens (tertiary/aromatic N) is 2. The minimum Gasteiger partial charge on any atom is -0.439 e. The van der Waals surface area contributed by atoms with Gasteiger partial charge < -0.3 is 20.0 Å². The van der Waals surface area contributed by atoms with Crippen LogP contribution in [0.2, 0.25) is 0 Å². The van der Waals surface area contributed by atoms with Crippen molar-refractivity contribution in [2.24, 2.45) is 0 Å². The number of anilines is 1. The van der Waals surface area contributed by atoms with E-state index in [-0.39, 0.29) is 0 Å². The fourth-order valence-corrected chi connectivity index (χ4v) is 1.96. The number of ether oxygens (including phenoxy) is 1. The Balaban J connectivity index is 2.00. The molecule has 1 atom stereocenters. The number of rotatable bonds is 6. The molecule has 1 unspecified atom stereocenters. The number of aliphatic hydroxyl groups is 1. The Bertz CT molecular complexity index is 541. The van der Waals surface area contributed by atoms with Gasteiger partial charge in [-0.3, -0.25) is 4.90 Å². The van der Waals surface area contributed by atoms with Crippen LogP contribution in [0.3, 0.4) is 0 Å². The van der Waals surface area contributed by atoms with Gasteiger partial charge in [-0.15, -0.1) is 0 Å². The molecule has 1 aromatic carbocycles. The molecule has 0 aliphatic carbocycles. The first-order valence-corrected chi connectivity index (χ1v) is 6.09. The van der Waals surface area contributed by atoms with Crippen molar-refractivity contribution in [2.75, 3.05) is 33.0 Å². The summed E-state index contributed by atoms with van der Waals surface area (Å²) in [6.45, 7) is 1.33. The summed E-state index contributed by atoms with van der Waals surface area (Å²) in [5.74, 6) is 0.604. The van der Waals surface area contributed by atoms with Gasteiger partial charge in [-0.25, -0.2) is 4.98 Å². The Hall–Kier alpha value is -1.63. The standard InChI is InChI=1S/C13H19N3O3/c1-16(6-10(17)8-18-2)7-13-15-11-4-3-9(14)5-12(11)19-13/h3-5,10,17H,6-8,14H2,1-2H3. The van der Waals surface area contributed by atoms with Gasteiger partial charge in [-0.1, -0.05) is 0 Å². The molecule has 2 rings (SSSR count). The largest absolute Gasteiger partial charge is 0.439 e. The molecule has 0 fully saturated rings. The van der Waals surface area contributed by atoms with Gasteiger partial charge in [0.15, 0.2) is 5.58 Å². The molecule has 3 N–H and O–H groups in total. The fourth-order valence-electron chi connectivity index (χ4n) is 1.96. The number of oxazole rings is 1. The molecule has 0 saturated heterocycles. The van der Waals surface area contributed by atoms with Crippen molar-refractivity contribution < 1.29 is 14.3 Å². The second-order valence-corrected chi connectivity index (χ2v) is 4.64. The van der Waals surface area contributed by atoms with E-state index in [4.69, 9.17) is 14.9 Å². The summed E-state index contributed by atoms with van der Waals surface area (Å²) in [7, 11) is 3.45. The third-order valence-electron chi connectivity index (χ3n) is 2.74. The molecular formula is C13H19N3O3. The highest BCUT2D eigenvalue weighted by atomic mass is 16.5. The lowest BCUT2D eigenvalue weighted by Crippen LogP contribution is -2.31. The number of benzene rings is 1. The van der Waals surface area contributed by atoms with Crippen LogP contribution in [-0.2, 0) is 11.3 Å². The number of nitrogen functional groups attached to an aromatic ring is 1. The maximum absolute atomic E-state index is 9.64. The lowest BCUT2D eigenvalue weighted by atomic mass is 10.3. The van der Waals surface area contributed by atoms with Crippen LogP contribution in [0.5, 0.6) is 0 Å². The molecule has 0 spiro atoms. The Morgan fingerprint density at radius 3 is 3.05 bits per heavy atom. The zero-order chi connectivity index (χ0) is 13.8. The number of hydrogen-bond donors (Lipinski definition) is 2. The number of likely N-dealkylation sites (N-methyl/N-ethyl adjacent to an activating group) is 1. The molecule has 6 heteroatoms. The summed E-state index contributed by atoms with van der Waals surface area (Å²) in [4.78, 5) is 6.30. The lowest BCUT2D eigenvalue weighted by Gasteiger charge is -2.18. The average Bonchev–Trinajstić information content (AvgIpc) is 2.70. The highest BCUT2D eigenvalue weighted by Gasteiger charge is 2.12. The third-order valence-corrected chi connectivity index (χ3v) is 2.74. The Labute approximate surface area is 111 Å². The minimum absolute atomic E-state index is 0.314. The van der Waals surface area contributed by atoms with E-state index in [1.54, 1.807) is 19.2 Å². The first-order chi connectivity index (χ1) is 9.08. The van der Waals surface area contributed by atoms with Crippen LogP contribution in [0, 0.1) is 0 Å². The Kier molecular flexibility index (Phi) is 4.36. The molecule has 0 amide bonds. The summed E-state index contributed by atoms with van der Waals surface area (Å²) < 4.78 is 10.5. The number of fused-ring (bicyclic) bond motifs is 1. The van der Waals surface area contributed by atoms with Crippen molar-refractivity contribution in [3.8, 4) is 0 Å².